The Bertz CT molecular complexity index is 790. The fourth-order valence-electron chi connectivity index (χ4n) is 2.88. The van der Waals surface area contributed by atoms with Gasteiger partial charge in [0.25, 0.3) is 0 Å². The second-order valence-corrected chi connectivity index (χ2v) is 6.14. The first-order chi connectivity index (χ1) is 11.1. The Hall–Kier alpha value is -2.55. The smallest absolute Gasteiger partial charge is 0.227 e. The second kappa shape index (κ2) is 6.69. The average Bonchev–Trinajstić information content (AvgIpc) is 2.96. The average molecular weight is 306 g/mol. The molecule has 0 radical (unpaired) electrons. The van der Waals surface area contributed by atoms with Crippen LogP contribution in [0.2, 0.25) is 0 Å². The molecule has 1 N–H and O–H groups in total. The Morgan fingerprint density at radius 3 is 2.48 bits per heavy atom. The van der Waals surface area contributed by atoms with Crippen molar-refractivity contribution in [3.05, 3.63) is 71.9 Å². The highest BCUT2D eigenvalue weighted by Gasteiger charge is 2.19. The molecule has 3 heteroatoms. The number of nitrogens with one attached hydrogen (secondary N) is 1. The summed E-state index contributed by atoms with van der Waals surface area (Å²) in [5.74, 6) is 0.161. The molecule has 0 atom stereocenters. The molecule has 3 rings (SSSR count). The minimum Gasteiger partial charge on any atom is -0.361 e. The number of carbonyl (C=O) groups excluding carboxylic acids is 1. The Balaban J connectivity index is 1.79. The maximum atomic E-state index is 12.8. The lowest BCUT2D eigenvalue weighted by Gasteiger charge is -2.27. The predicted octanol–water partition coefficient (Wildman–Crippen LogP) is 4.15. The fourth-order valence-corrected chi connectivity index (χ4v) is 2.88. The summed E-state index contributed by atoms with van der Waals surface area (Å²) in [5.41, 5.74) is 3.30. The van der Waals surface area contributed by atoms with E-state index >= 15 is 0 Å². The van der Waals surface area contributed by atoms with Gasteiger partial charge in [-0.25, -0.2) is 0 Å². The van der Waals surface area contributed by atoms with Crippen molar-refractivity contribution >= 4 is 16.8 Å². The van der Waals surface area contributed by atoms with Crippen LogP contribution in [0.3, 0.4) is 0 Å². The monoisotopic (exact) mass is 306 g/mol. The van der Waals surface area contributed by atoms with Crippen molar-refractivity contribution in [2.45, 2.75) is 32.9 Å². The van der Waals surface area contributed by atoms with E-state index < -0.39 is 0 Å². The molecule has 0 bridgehead atoms. The lowest BCUT2D eigenvalue weighted by molar-refractivity contribution is -0.132. The van der Waals surface area contributed by atoms with E-state index in [1.165, 1.54) is 0 Å². The summed E-state index contributed by atoms with van der Waals surface area (Å²) in [6.45, 7) is 4.78. The van der Waals surface area contributed by atoms with Gasteiger partial charge in [-0.15, -0.1) is 0 Å². The molecule has 0 fully saturated rings. The molecule has 0 aliphatic rings. The molecule has 0 unspecified atom stereocenters. The summed E-state index contributed by atoms with van der Waals surface area (Å²) < 4.78 is 0. The minimum absolute atomic E-state index is 0.161. The topological polar surface area (TPSA) is 36.1 Å². The molecule has 118 valence electrons. The fraction of sp³-hybridized carbons (Fsp3) is 0.250. The first-order valence-corrected chi connectivity index (χ1v) is 8.03. The van der Waals surface area contributed by atoms with Gasteiger partial charge in [-0.1, -0.05) is 48.5 Å². The maximum Gasteiger partial charge on any atom is 0.227 e. The van der Waals surface area contributed by atoms with Crippen LogP contribution in [-0.4, -0.2) is 21.8 Å². The zero-order valence-corrected chi connectivity index (χ0v) is 13.6. The molecular weight excluding hydrogens is 284 g/mol. The quantitative estimate of drug-likeness (QED) is 0.755. The third kappa shape index (κ3) is 3.45. The number of carbonyl (C=O) groups is 1. The highest BCUT2D eigenvalue weighted by molar-refractivity contribution is 5.89. The van der Waals surface area contributed by atoms with E-state index in [0.29, 0.717) is 13.0 Å². The molecule has 3 aromatic rings. The number of hydrogen-bond acceptors (Lipinski definition) is 1. The van der Waals surface area contributed by atoms with E-state index in [4.69, 9.17) is 0 Å². The number of benzene rings is 2. The van der Waals surface area contributed by atoms with Crippen LogP contribution in [0.25, 0.3) is 10.9 Å². The van der Waals surface area contributed by atoms with Crippen LogP contribution in [0, 0.1) is 0 Å². The number of para-hydroxylation sites is 1. The van der Waals surface area contributed by atoms with Gasteiger partial charge in [0.05, 0.1) is 6.42 Å². The summed E-state index contributed by atoms with van der Waals surface area (Å²) in [7, 11) is 0. The van der Waals surface area contributed by atoms with Crippen LogP contribution in [0.4, 0.5) is 0 Å². The summed E-state index contributed by atoms with van der Waals surface area (Å²) in [6, 6.07) is 18.4. The van der Waals surface area contributed by atoms with E-state index in [0.717, 1.165) is 22.0 Å². The largest absolute Gasteiger partial charge is 0.361 e. The highest BCUT2D eigenvalue weighted by atomic mass is 16.2. The van der Waals surface area contributed by atoms with Crippen LogP contribution < -0.4 is 0 Å². The molecule has 0 saturated heterocycles. The number of fused-ring (bicyclic) bond motifs is 1. The lowest BCUT2D eigenvalue weighted by Crippen LogP contribution is -2.37. The molecule has 1 heterocycles. The number of nitrogens with zero attached hydrogens (tertiary/aromatic N) is 1. The number of amides is 1. The van der Waals surface area contributed by atoms with E-state index in [-0.39, 0.29) is 11.9 Å². The molecule has 3 nitrogen and oxygen atoms in total. The van der Waals surface area contributed by atoms with Crippen molar-refractivity contribution in [3.63, 3.8) is 0 Å². The maximum absolute atomic E-state index is 12.8. The molecule has 0 saturated carbocycles. The van der Waals surface area contributed by atoms with Crippen LogP contribution in [0.5, 0.6) is 0 Å². The molecule has 0 aliphatic carbocycles. The number of aromatic nitrogens is 1. The second-order valence-electron chi connectivity index (χ2n) is 6.14. The third-order valence-electron chi connectivity index (χ3n) is 4.16. The molecule has 0 aliphatic heterocycles. The van der Waals surface area contributed by atoms with Crippen molar-refractivity contribution < 1.29 is 4.79 Å². The molecule has 0 spiro atoms. The third-order valence-corrected chi connectivity index (χ3v) is 4.16. The zero-order valence-electron chi connectivity index (χ0n) is 13.6. The van der Waals surface area contributed by atoms with Crippen molar-refractivity contribution in [2.24, 2.45) is 0 Å². The van der Waals surface area contributed by atoms with Gasteiger partial charge >= 0.3 is 0 Å². The number of hydrogen-bond donors (Lipinski definition) is 1. The van der Waals surface area contributed by atoms with E-state index in [9.17, 15) is 4.79 Å². The normalized spacial score (nSPS) is 11.1. The van der Waals surface area contributed by atoms with Crippen LogP contribution >= 0.6 is 0 Å². The first-order valence-electron chi connectivity index (χ1n) is 8.03. The first kappa shape index (κ1) is 15.3. The van der Waals surface area contributed by atoms with Gasteiger partial charge in [0.2, 0.25) is 5.91 Å². The molecular formula is C20H22N2O. The van der Waals surface area contributed by atoms with Crippen LogP contribution in [0.15, 0.2) is 60.8 Å². The molecule has 1 aromatic heterocycles. The number of aromatic amines is 1. The van der Waals surface area contributed by atoms with Gasteiger partial charge < -0.3 is 9.88 Å². The van der Waals surface area contributed by atoms with Gasteiger partial charge in [0, 0.05) is 29.7 Å². The molecule has 2 aromatic carbocycles. The van der Waals surface area contributed by atoms with Crippen molar-refractivity contribution in [1.82, 2.24) is 9.88 Å². The van der Waals surface area contributed by atoms with E-state index in [2.05, 4.69) is 37.0 Å². The lowest BCUT2D eigenvalue weighted by atomic mass is 10.1. The van der Waals surface area contributed by atoms with Crippen molar-refractivity contribution in [2.75, 3.05) is 0 Å². The highest BCUT2D eigenvalue weighted by Crippen LogP contribution is 2.19. The summed E-state index contributed by atoms with van der Waals surface area (Å²) in [6.07, 6.45) is 2.37. The van der Waals surface area contributed by atoms with Crippen molar-refractivity contribution in [3.8, 4) is 0 Å². The Kier molecular flexibility index (Phi) is 4.47. The number of rotatable bonds is 5. The van der Waals surface area contributed by atoms with Gasteiger partial charge in [0.1, 0.15) is 0 Å². The zero-order chi connectivity index (χ0) is 16.2. The minimum atomic E-state index is 0.161. The summed E-state index contributed by atoms with van der Waals surface area (Å²) in [4.78, 5) is 18.0. The predicted molar refractivity (Wildman–Crippen MR) is 94.1 cm³/mol. The van der Waals surface area contributed by atoms with Gasteiger partial charge in [-0.05, 0) is 31.0 Å². The van der Waals surface area contributed by atoms with Gasteiger partial charge in [-0.3, -0.25) is 4.79 Å². The van der Waals surface area contributed by atoms with Crippen LogP contribution in [0.1, 0.15) is 25.0 Å². The van der Waals surface area contributed by atoms with E-state index in [1.807, 2.05) is 47.5 Å². The Labute approximate surface area is 136 Å². The molecule has 1 amide bonds. The van der Waals surface area contributed by atoms with E-state index in [1.54, 1.807) is 0 Å². The number of H-pyrrole nitrogens is 1. The standard InChI is InChI=1S/C20H22N2O/c1-15(2)22(14-16-8-4-3-5-9-16)20(23)12-17-13-21-19-11-7-6-10-18(17)19/h3-11,13,15,21H,12,14H2,1-2H3. The summed E-state index contributed by atoms with van der Waals surface area (Å²) >= 11 is 0. The van der Waals surface area contributed by atoms with Crippen molar-refractivity contribution in [1.29, 1.82) is 0 Å². The van der Waals surface area contributed by atoms with Gasteiger partial charge in [-0.2, -0.15) is 0 Å². The van der Waals surface area contributed by atoms with Gasteiger partial charge in [0.15, 0.2) is 0 Å². The molecule has 23 heavy (non-hydrogen) atoms. The summed E-state index contributed by atoms with van der Waals surface area (Å²) in [5, 5.41) is 1.13. The Morgan fingerprint density at radius 1 is 1.04 bits per heavy atom. The Morgan fingerprint density at radius 2 is 1.74 bits per heavy atom. The van der Waals surface area contributed by atoms with Crippen LogP contribution in [-0.2, 0) is 17.8 Å². The SMILES string of the molecule is CC(C)N(Cc1ccccc1)C(=O)Cc1c[nH]c2ccccc12.